The smallest absolute Gasteiger partial charge is 0.322 e. The average molecular weight is 452 g/mol. The first-order chi connectivity index (χ1) is 15.9. The molecule has 1 unspecified atom stereocenters. The van der Waals surface area contributed by atoms with Crippen LogP contribution in [-0.4, -0.2) is 50.5 Å². The molecule has 0 saturated heterocycles. The van der Waals surface area contributed by atoms with Crippen LogP contribution in [0.4, 0.5) is 0 Å². The number of benzene rings is 1. The number of carboxylic acids is 1. The maximum Gasteiger partial charge on any atom is 0.322 e. The van der Waals surface area contributed by atoms with Crippen molar-refractivity contribution in [3.05, 3.63) is 47.8 Å². The zero-order valence-electron chi connectivity index (χ0n) is 18.4. The zero-order valence-corrected chi connectivity index (χ0v) is 18.4. The fraction of sp³-hybridized carbons (Fsp3) is 0.542. The standard InChI is InChI=1S/C24H29N5O4/c30-21(31)13-25-22(32)19(9-15-4-2-1-3-5-15)26-23(33)20-14-29(28-27-20)24-10-16-6-17(11-24)8-18(7-16)12-24/h1-5,14,16-19H,6-13H2,(H,25,32)(H,26,33)(H,30,31). The van der Waals surface area contributed by atoms with Gasteiger partial charge in [-0.2, -0.15) is 0 Å². The van der Waals surface area contributed by atoms with Gasteiger partial charge >= 0.3 is 5.97 Å². The minimum Gasteiger partial charge on any atom is -0.480 e. The molecule has 4 aliphatic carbocycles. The van der Waals surface area contributed by atoms with E-state index < -0.39 is 30.4 Å². The molecule has 1 atom stereocenters. The number of carbonyl (C=O) groups is 3. The van der Waals surface area contributed by atoms with E-state index in [0.717, 1.165) is 42.6 Å². The van der Waals surface area contributed by atoms with E-state index in [0.29, 0.717) is 0 Å². The van der Waals surface area contributed by atoms with Gasteiger partial charge in [-0.25, -0.2) is 4.68 Å². The SMILES string of the molecule is O=C(O)CNC(=O)C(Cc1ccccc1)NC(=O)c1cn(C23CC4CC(CC(C4)C2)C3)nn1. The van der Waals surface area contributed by atoms with Crippen LogP contribution in [0.15, 0.2) is 36.5 Å². The van der Waals surface area contributed by atoms with Crippen molar-refractivity contribution in [1.82, 2.24) is 25.6 Å². The van der Waals surface area contributed by atoms with E-state index in [4.69, 9.17) is 5.11 Å². The molecule has 1 aromatic heterocycles. The number of aliphatic carboxylic acids is 1. The van der Waals surface area contributed by atoms with Gasteiger partial charge < -0.3 is 15.7 Å². The second-order valence-electron chi connectivity index (χ2n) is 10.0. The molecule has 4 bridgehead atoms. The van der Waals surface area contributed by atoms with Crippen LogP contribution in [0.3, 0.4) is 0 Å². The molecular formula is C24H29N5O4. The minimum absolute atomic E-state index is 0.0391. The highest BCUT2D eigenvalue weighted by Gasteiger charge is 2.52. The summed E-state index contributed by atoms with van der Waals surface area (Å²) in [6.07, 6.45) is 9.18. The van der Waals surface area contributed by atoms with Crippen LogP contribution >= 0.6 is 0 Å². The fourth-order valence-corrected chi connectivity index (χ4v) is 6.52. The van der Waals surface area contributed by atoms with Crippen molar-refractivity contribution in [2.45, 2.75) is 56.5 Å². The summed E-state index contributed by atoms with van der Waals surface area (Å²) in [4.78, 5) is 36.5. The molecule has 9 heteroatoms. The minimum atomic E-state index is -1.15. The number of rotatable bonds is 8. The molecule has 4 aliphatic rings. The lowest BCUT2D eigenvalue weighted by Gasteiger charge is -2.56. The Labute approximate surface area is 191 Å². The van der Waals surface area contributed by atoms with Gasteiger partial charge in [0.1, 0.15) is 12.6 Å². The number of nitrogens with one attached hydrogen (secondary N) is 2. The quantitative estimate of drug-likeness (QED) is 0.561. The third-order valence-corrected chi connectivity index (χ3v) is 7.54. The van der Waals surface area contributed by atoms with E-state index >= 15 is 0 Å². The van der Waals surface area contributed by atoms with Crippen molar-refractivity contribution in [1.29, 1.82) is 0 Å². The Morgan fingerprint density at radius 2 is 1.70 bits per heavy atom. The molecule has 0 spiro atoms. The predicted octanol–water partition coefficient (Wildman–Crippen LogP) is 1.75. The second kappa shape index (κ2) is 8.61. The van der Waals surface area contributed by atoms with E-state index in [9.17, 15) is 14.4 Å². The number of carboxylic acid groups (broad SMARTS) is 1. The molecule has 3 N–H and O–H groups in total. The lowest BCUT2D eigenvalue weighted by atomic mass is 9.53. The normalized spacial score (nSPS) is 28.3. The van der Waals surface area contributed by atoms with Gasteiger partial charge in [0.15, 0.2) is 5.69 Å². The lowest BCUT2D eigenvalue weighted by molar-refractivity contribution is -0.138. The van der Waals surface area contributed by atoms with E-state index in [1.165, 1.54) is 19.3 Å². The van der Waals surface area contributed by atoms with Gasteiger partial charge in [0, 0.05) is 6.42 Å². The number of aromatic nitrogens is 3. The van der Waals surface area contributed by atoms with Gasteiger partial charge in [0.25, 0.3) is 5.91 Å². The Morgan fingerprint density at radius 3 is 2.30 bits per heavy atom. The van der Waals surface area contributed by atoms with Crippen LogP contribution in [0.2, 0.25) is 0 Å². The summed E-state index contributed by atoms with van der Waals surface area (Å²) >= 11 is 0. The summed E-state index contributed by atoms with van der Waals surface area (Å²) in [5, 5.41) is 22.5. The number of hydrogen-bond donors (Lipinski definition) is 3. The van der Waals surface area contributed by atoms with E-state index in [1.807, 2.05) is 35.0 Å². The monoisotopic (exact) mass is 451 g/mol. The van der Waals surface area contributed by atoms with Crippen LogP contribution in [0.1, 0.15) is 54.6 Å². The number of hydrogen-bond acceptors (Lipinski definition) is 5. The Bertz CT molecular complexity index is 1010. The molecule has 0 radical (unpaired) electrons. The van der Waals surface area contributed by atoms with E-state index in [-0.39, 0.29) is 17.7 Å². The number of nitrogens with zero attached hydrogens (tertiary/aromatic N) is 3. The van der Waals surface area contributed by atoms with Crippen LogP contribution in [0.5, 0.6) is 0 Å². The van der Waals surface area contributed by atoms with E-state index in [2.05, 4.69) is 20.9 Å². The van der Waals surface area contributed by atoms with Crippen LogP contribution in [0.25, 0.3) is 0 Å². The Hall–Kier alpha value is -3.23. The van der Waals surface area contributed by atoms with Gasteiger partial charge in [-0.1, -0.05) is 35.5 Å². The Kier molecular flexibility index (Phi) is 5.64. The van der Waals surface area contributed by atoms with Gasteiger partial charge in [-0.15, -0.1) is 5.10 Å². The Morgan fingerprint density at radius 1 is 1.06 bits per heavy atom. The molecule has 1 heterocycles. The van der Waals surface area contributed by atoms with Crippen molar-refractivity contribution in [3.8, 4) is 0 Å². The van der Waals surface area contributed by atoms with Crippen LogP contribution in [0, 0.1) is 17.8 Å². The first-order valence-electron chi connectivity index (χ1n) is 11.7. The maximum atomic E-state index is 13.0. The molecule has 4 saturated carbocycles. The molecule has 4 fully saturated rings. The van der Waals surface area contributed by atoms with Crippen molar-refractivity contribution < 1.29 is 19.5 Å². The van der Waals surface area contributed by atoms with Gasteiger partial charge in [-0.3, -0.25) is 14.4 Å². The highest BCUT2D eigenvalue weighted by Crippen LogP contribution is 2.58. The van der Waals surface area contributed by atoms with Crippen molar-refractivity contribution in [2.24, 2.45) is 17.8 Å². The van der Waals surface area contributed by atoms with Crippen molar-refractivity contribution in [2.75, 3.05) is 6.54 Å². The number of carbonyl (C=O) groups excluding carboxylic acids is 2. The zero-order chi connectivity index (χ0) is 23.0. The molecule has 33 heavy (non-hydrogen) atoms. The highest BCUT2D eigenvalue weighted by atomic mass is 16.4. The molecule has 2 amide bonds. The van der Waals surface area contributed by atoms with E-state index in [1.54, 1.807) is 6.20 Å². The van der Waals surface area contributed by atoms with Crippen LogP contribution in [-0.2, 0) is 21.5 Å². The van der Waals surface area contributed by atoms with Crippen molar-refractivity contribution >= 4 is 17.8 Å². The molecule has 6 rings (SSSR count). The van der Waals surface area contributed by atoms with Gasteiger partial charge in [0.2, 0.25) is 5.91 Å². The average Bonchev–Trinajstić information content (AvgIpc) is 3.28. The molecule has 9 nitrogen and oxygen atoms in total. The summed E-state index contributed by atoms with van der Waals surface area (Å²) < 4.78 is 1.91. The topological polar surface area (TPSA) is 126 Å². The molecule has 174 valence electrons. The highest BCUT2D eigenvalue weighted by molar-refractivity contribution is 5.96. The molecule has 2 aromatic rings. The first-order valence-corrected chi connectivity index (χ1v) is 11.7. The summed E-state index contributed by atoms with van der Waals surface area (Å²) in [5.74, 6) is 0.0369. The summed E-state index contributed by atoms with van der Waals surface area (Å²) in [6.45, 7) is -0.512. The third-order valence-electron chi connectivity index (χ3n) is 7.54. The first kappa shape index (κ1) is 21.6. The van der Waals surface area contributed by atoms with Gasteiger partial charge in [-0.05, 0) is 61.8 Å². The maximum absolute atomic E-state index is 13.0. The number of amides is 2. The fourth-order valence-electron chi connectivity index (χ4n) is 6.52. The predicted molar refractivity (Wildman–Crippen MR) is 118 cm³/mol. The molecule has 0 aliphatic heterocycles. The Balaban J connectivity index is 1.31. The third kappa shape index (κ3) is 4.49. The molecule has 1 aromatic carbocycles. The van der Waals surface area contributed by atoms with Crippen LogP contribution < -0.4 is 10.6 Å². The second-order valence-corrected chi connectivity index (χ2v) is 10.0. The van der Waals surface area contributed by atoms with Crippen molar-refractivity contribution in [3.63, 3.8) is 0 Å². The largest absolute Gasteiger partial charge is 0.480 e. The lowest BCUT2D eigenvalue weighted by Crippen LogP contribution is -2.52. The summed E-state index contributed by atoms with van der Waals surface area (Å²) in [7, 11) is 0. The molecular weight excluding hydrogens is 422 g/mol. The van der Waals surface area contributed by atoms with Gasteiger partial charge in [0.05, 0.1) is 11.7 Å². The summed E-state index contributed by atoms with van der Waals surface area (Å²) in [5.41, 5.74) is 0.989. The summed E-state index contributed by atoms with van der Waals surface area (Å²) in [6, 6.07) is 8.34.